The molecule has 1 atom stereocenters. The number of alkyl halides is 3. The average Bonchev–Trinajstić information content (AvgIpc) is 3.74. The minimum absolute atomic E-state index is 0.00426. The number of rotatable bonds is 14. The Balaban J connectivity index is 1.39. The minimum atomic E-state index is -4.55. The third-order valence-corrected chi connectivity index (χ3v) is 11.3. The zero-order valence-electron chi connectivity index (χ0n) is 30.0. The summed E-state index contributed by atoms with van der Waals surface area (Å²) in [5.74, 6) is -0.870. The van der Waals surface area contributed by atoms with Crippen LogP contribution in [0.15, 0.2) is 71.1 Å². The van der Waals surface area contributed by atoms with Crippen molar-refractivity contribution >= 4 is 39.7 Å². The topological polar surface area (TPSA) is 121 Å². The predicted molar refractivity (Wildman–Crippen MR) is 194 cm³/mol. The summed E-state index contributed by atoms with van der Waals surface area (Å²) in [7, 11) is -4.52. The van der Waals surface area contributed by atoms with Crippen molar-refractivity contribution in [2.75, 3.05) is 23.7 Å². The molecule has 278 valence electrons. The van der Waals surface area contributed by atoms with Gasteiger partial charge in [-0.2, -0.15) is 13.2 Å². The van der Waals surface area contributed by atoms with Gasteiger partial charge in [-0.25, -0.2) is 8.42 Å². The molecule has 3 aromatic carbocycles. The number of ether oxygens (including phenoxy) is 1. The van der Waals surface area contributed by atoms with Crippen LogP contribution in [-0.4, -0.2) is 52.1 Å². The van der Waals surface area contributed by atoms with Crippen LogP contribution in [0.5, 0.6) is 0 Å². The van der Waals surface area contributed by atoms with E-state index in [1.807, 2.05) is 58.0 Å². The molecule has 1 saturated heterocycles. The summed E-state index contributed by atoms with van der Waals surface area (Å²) in [6, 6.07) is 17.2. The van der Waals surface area contributed by atoms with Crippen molar-refractivity contribution in [3.63, 3.8) is 0 Å². The van der Waals surface area contributed by atoms with Gasteiger partial charge in [-0.1, -0.05) is 42.5 Å². The summed E-state index contributed by atoms with van der Waals surface area (Å²) in [6.45, 7) is 8.38. The molecule has 1 aliphatic carbocycles. The van der Waals surface area contributed by atoms with E-state index in [1.54, 1.807) is 12.1 Å². The molecule has 9 nitrogen and oxygen atoms in total. The Morgan fingerprint density at radius 2 is 1.65 bits per heavy atom. The number of halogens is 3. The molecule has 0 bridgehead atoms. The number of amides is 1. The zero-order valence-corrected chi connectivity index (χ0v) is 30.8. The molecule has 52 heavy (non-hydrogen) atoms. The second-order valence-corrected chi connectivity index (χ2v) is 16.9. The number of benzene rings is 3. The number of hydrogen-bond acceptors (Lipinski definition) is 7. The summed E-state index contributed by atoms with van der Waals surface area (Å²) in [5, 5.41) is 0.357. The Morgan fingerprint density at radius 1 is 1.02 bits per heavy atom. The van der Waals surface area contributed by atoms with Gasteiger partial charge in [-0.3, -0.25) is 9.10 Å². The fourth-order valence-electron chi connectivity index (χ4n) is 6.56. The van der Waals surface area contributed by atoms with E-state index < -0.39 is 46.0 Å². The molecule has 1 aromatic heterocycles. The van der Waals surface area contributed by atoms with Crippen molar-refractivity contribution in [2.45, 2.75) is 77.3 Å². The lowest BCUT2D eigenvalue weighted by Gasteiger charge is -2.32. The number of carbonyl (C=O) groups is 1. The van der Waals surface area contributed by atoms with Gasteiger partial charge in [-0.05, 0) is 94.4 Å². The summed E-state index contributed by atoms with van der Waals surface area (Å²) >= 11 is 0. The van der Waals surface area contributed by atoms with E-state index in [9.17, 15) is 26.4 Å². The number of carbonyl (C=O) groups excluding carboxylic acids is 1. The van der Waals surface area contributed by atoms with Gasteiger partial charge in [0.2, 0.25) is 10.0 Å². The highest BCUT2D eigenvalue weighted by Gasteiger charge is 2.51. The van der Waals surface area contributed by atoms with Gasteiger partial charge in [0.05, 0.1) is 47.5 Å². The Hall–Kier alpha value is -3.85. The van der Waals surface area contributed by atoms with Crippen LogP contribution in [0.4, 0.5) is 18.9 Å². The van der Waals surface area contributed by atoms with E-state index >= 15 is 0 Å². The Morgan fingerprint density at radius 3 is 2.21 bits per heavy atom. The first-order valence-corrected chi connectivity index (χ1v) is 19.2. The fraction of sp³-hybridized carbons (Fsp3) is 0.447. The largest absolute Gasteiger partial charge is 0.458 e. The molecule has 6 rings (SSSR count). The van der Waals surface area contributed by atoms with E-state index in [4.69, 9.17) is 24.2 Å². The quantitative estimate of drug-likeness (QED) is 0.131. The number of primary amides is 1. The van der Waals surface area contributed by atoms with Crippen LogP contribution in [0, 0.1) is 11.8 Å². The number of furan rings is 1. The van der Waals surface area contributed by atoms with E-state index in [2.05, 4.69) is 0 Å². The SMILES string of the molecule is CC1(C)OB(CC(COCc2ccccc2)CN(c2cc3oc(-c4ccc(C(F)(F)F)cc4)c(C(N)=O)c3cc2CC2CC2)S(C)(=O)=O)OC1(C)C. The lowest BCUT2D eigenvalue weighted by Crippen LogP contribution is -2.41. The van der Waals surface area contributed by atoms with E-state index in [1.165, 1.54) is 16.4 Å². The number of nitrogens with zero attached hydrogens (tertiary/aromatic N) is 1. The van der Waals surface area contributed by atoms with Crippen molar-refractivity contribution in [2.24, 2.45) is 17.6 Å². The second-order valence-electron chi connectivity index (χ2n) is 15.0. The van der Waals surface area contributed by atoms with Crippen LogP contribution < -0.4 is 10.0 Å². The standard InChI is InChI=1S/C38H44BF3N2O7S/c1-36(2)37(3,4)51-39(50-36)20-26(23-48-22-25-9-7-6-8-10-25)21-44(52(5,46)47)31-19-32-30(18-28(31)17-24-11-12-24)33(35(43)45)34(49-32)27-13-15-29(16-14-27)38(40,41)42/h6-10,13-16,18-19,24,26H,11-12,17,20-23H2,1-5H3,(H2,43,45). The van der Waals surface area contributed by atoms with Crippen LogP contribution >= 0.6 is 0 Å². The molecule has 0 radical (unpaired) electrons. The van der Waals surface area contributed by atoms with Crippen LogP contribution in [0.1, 0.15) is 67.6 Å². The summed E-state index contributed by atoms with van der Waals surface area (Å²) in [6.07, 6.45) is -0.577. The third-order valence-electron chi connectivity index (χ3n) is 10.2. The van der Waals surface area contributed by atoms with Crippen molar-refractivity contribution in [1.29, 1.82) is 0 Å². The molecule has 4 aromatic rings. The smallest absolute Gasteiger partial charge is 0.455 e. The third kappa shape index (κ3) is 8.35. The molecular formula is C38H44BF3N2O7S. The lowest BCUT2D eigenvalue weighted by atomic mass is 9.77. The number of anilines is 1. The zero-order chi connectivity index (χ0) is 37.6. The highest BCUT2D eigenvalue weighted by atomic mass is 32.2. The maximum Gasteiger partial charge on any atom is 0.458 e. The Kier molecular flexibility index (Phi) is 10.3. The van der Waals surface area contributed by atoms with E-state index in [0.29, 0.717) is 41.9 Å². The highest BCUT2D eigenvalue weighted by molar-refractivity contribution is 7.92. The predicted octanol–water partition coefficient (Wildman–Crippen LogP) is 7.86. The first-order valence-electron chi connectivity index (χ1n) is 17.3. The molecule has 1 amide bonds. The van der Waals surface area contributed by atoms with Gasteiger partial charge < -0.3 is 24.2 Å². The fourth-order valence-corrected chi connectivity index (χ4v) is 7.57. The molecule has 14 heteroatoms. The van der Waals surface area contributed by atoms with Crippen LogP contribution in [0.3, 0.4) is 0 Å². The lowest BCUT2D eigenvalue weighted by molar-refractivity contribution is -0.137. The molecule has 1 unspecified atom stereocenters. The van der Waals surface area contributed by atoms with Crippen molar-refractivity contribution in [1.82, 2.24) is 0 Å². The average molecular weight is 741 g/mol. The van der Waals surface area contributed by atoms with Gasteiger partial charge in [0.15, 0.2) is 0 Å². The minimum Gasteiger partial charge on any atom is -0.455 e. The summed E-state index contributed by atoms with van der Waals surface area (Å²) < 4.78 is 93.7. The maximum absolute atomic E-state index is 13.7. The van der Waals surface area contributed by atoms with Crippen LogP contribution in [0.2, 0.25) is 6.32 Å². The molecule has 2 aliphatic rings. The molecule has 0 spiro atoms. The van der Waals surface area contributed by atoms with Gasteiger partial charge in [0, 0.05) is 23.6 Å². The molecule has 2 fully saturated rings. The van der Waals surface area contributed by atoms with Crippen LogP contribution in [-0.2, 0) is 43.3 Å². The molecule has 1 saturated carbocycles. The molecule has 2 heterocycles. The van der Waals surface area contributed by atoms with Gasteiger partial charge >= 0.3 is 13.3 Å². The van der Waals surface area contributed by atoms with Gasteiger partial charge in [0.25, 0.3) is 5.91 Å². The summed E-state index contributed by atoms with van der Waals surface area (Å²) in [4.78, 5) is 12.9. The maximum atomic E-state index is 13.7. The number of fused-ring (bicyclic) bond motifs is 1. The molecule has 2 N–H and O–H groups in total. The van der Waals surface area contributed by atoms with Gasteiger partial charge in [0.1, 0.15) is 11.3 Å². The van der Waals surface area contributed by atoms with Crippen molar-refractivity contribution < 1.29 is 44.8 Å². The van der Waals surface area contributed by atoms with Gasteiger partial charge in [-0.15, -0.1) is 0 Å². The first kappa shape index (κ1) is 37.9. The first-order chi connectivity index (χ1) is 24.3. The normalized spacial score (nSPS) is 17.8. The Labute approximate surface area is 302 Å². The van der Waals surface area contributed by atoms with Crippen molar-refractivity contribution in [3.8, 4) is 11.3 Å². The number of hydrogen-bond donors (Lipinski definition) is 1. The highest BCUT2D eigenvalue weighted by Crippen LogP contribution is 2.43. The van der Waals surface area contributed by atoms with E-state index in [0.717, 1.165) is 36.8 Å². The van der Waals surface area contributed by atoms with E-state index in [-0.39, 0.29) is 41.5 Å². The number of nitrogens with two attached hydrogens (primary N) is 1. The molecule has 1 aliphatic heterocycles. The molecular weight excluding hydrogens is 696 g/mol. The Bertz CT molecular complexity index is 2010. The second kappa shape index (κ2) is 14.2. The monoisotopic (exact) mass is 740 g/mol. The number of sulfonamides is 1. The van der Waals surface area contributed by atoms with Crippen molar-refractivity contribution in [3.05, 3.63) is 89.0 Å². The summed E-state index contributed by atoms with van der Waals surface area (Å²) in [5.41, 5.74) is 6.26. The van der Waals surface area contributed by atoms with Crippen LogP contribution in [0.25, 0.3) is 22.3 Å².